The minimum absolute atomic E-state index is 0.0391. The zero-order chi connectivity index (χ0) is 22.4. The molecule has 0 spiro atoms. The van der Waals surface area contributed by atoms with Crippen LogP contribution in [0, 0.1) is 11.6 Å². The van der Waals surface area contributed by atoms with E-state index in [4.69, 9.17) is 5.73 Å². The lowest BCUT2D eigenvalue weighted by Crippen LogP contribution is -2.04. The number of anilines is 1. The van der Waals surface area contributed by atoms with Crippen molar-refractivity contribution in [1.29, 1.82) is 0 Å². The van der Waals surface area contributed by atoms with Crippen molar-refractivity contribution in [2.75, 3.05) is 5.73 Å². The van der Waals surface area contributed by atoms with Crippen molar-refractivity contribution in [3.05, 3.63) is 53.8 Å². The molecule has 0 aliphatic heterocycles. The topological polar surface area (TPSA) is 121 Å². The van der Waals surface area contributed by atoms with Gasteiger partial charge in [-0.15, -0.1) is 26.6 Å². The molecule has 32 heavy (non-hydrogen) atoms. The quantitative estimate of drug-likeness (QED) is 0.391. The lowest BCUT2D eigenvalue weighted by atomic mass is 10.1. The number of rotatable bonds is 5. The Balaban J connectivity index is 1.41. The third-order valence-electron chi connectivity index (χ3n) is 4.48. The lowest BCUT2D eigenvalue weighted by molar-refractivity contribution is 0.116. The molecule has 14 heteroatoms. The van der Waals surface area contributed by atoms with Crippen LogP contribution in [0.5, 0.6) is 0 Å². The Labute approximate surface area is 179 Å². The van der Waals surface area contributed by atoms with Gasteiger partial charge in [0.1, 0.15) is 34.3 Å². The van der Waals surface area contributed by atoms with E-state index in [9.17, 15) is 17.6 Å². The highest BCUT2D eigenvalue weighted by molar-refractivity contribution is 7.21. The van der Waals surface area contributed by atoms with Gasteiger partial charge < -0.3 is 10.2 Å². The Morgan fingerprint density at radius 3 is 2.66 bits per heavy atom. The summed E-state index contributed by atoms with van der Waals surface area (Å²) in [7, 11) is 0. The molecule has 0 aliphatic rings. The summed E-state index contributed by atoms with van der Waals surface area (Å²) in [5.41, 5.74) is 5.88. The lowest BCUT2D eigenvalue weighted by Gasteiger charge is -2.06. The van der Waals surface area contributed by atoms with Gasteiger partial charge in [0.25, 0.3) is 11.8 Å². The van der Waals surface area contributed by atoms with Crippen LogP contribution >= 0.6 is 11.3 Å². The zero-order valence-corrected chi connectivity index (χ0v) is 16.5. The molecule has 0 radical (unpaired) electrons. The van der Waals surface area contributed by atoms with Crippen LogP contribution in [0.2, 0.25) is 0 Å². The average Bonchev–Trinajstić information content (AvgIpc) is 3.49. The van der Waals surface area contributed by atoms with E-state index in [1.807, 2.05) is 0 Å². The number of aromatic nitrogens is 7. The second-order valence-electron chi connectivity index (χ2n) is 6.56. The number of hydrogen-bond acceptors (Lipinski definition) is 9. The molecule has 5 rings (SSSR count). The molecule has 2 N–H and O–H groups in total. The summed E-state index contributed by atoms with van der Waals surface area (Å²) in [5.74, 6) is -2.90. The summed E-state index contributed by atoms with van der Waals surface area (Å²) >= 11 is 1.34. The summed E-state index contributed by atoms with van der Waals surface area (Å²) < 4.78 is 60.3. The van der Waals surface area contributed by atoms with Gasteiger partial charge in [-0.1, -0.05) is 5.21 Å². The first-order valence-electron chi connectivity index (χ1n) is 8.89. The van der Waals surface area contributed by atoms with Crippen LogP contribution in [0.4, 0.5) is 23.4 Å². The van der Waals surface area contributed by atoms with Crippen molar-refractivity contribution < 1.29 is 22.0 Å². The molecule has 0 bridgehead atoms. The van der Waals surface area contributed by atoms with Gasteiger partial charge in [0.15, 0.2) is 0 Å². The SMILES string of the molecule is Nc1ncnc2sc(-c3cn(Cc4cc(F)c(-c5nnc(C(F)F)o5)cc4F)nn3)cc12. The second-order valence-corrected chi connectivity index (χ2v) is 7.59. The summed E-state index contributed by atoms with van der Waals surface area (Å²) in [6, 6.07) is 3.49. The van der Waals surface area contributed by atoms with Crippen LogP contribution in [0.25, 0.3) is 32.2 Å². The summed E-state index contributed by atoms with van der Waals surface area (Å²) in [5, 5.41) is 15.1. The van der Waals surface area contributed by atoms with E-state index in [2.05, 4.69) is 34.9 Å². The first-order valence-corrected chi connectivity index (χ1v) is 9.71. The third kappa shape index (κ3) is 3.53. The summed E-state index contributed by atoms with van der Waals surface area (Å²) in [4.78, 5) is 9.50. The van der Waals surface area contributed by atoms with Gasteiger partial charge in [-0.3, -0.25) is 0 Å². The van der Waals surface area contributed by atoms with Crippen molar-refractivity contribution in [2.45, 2.75) is 13.0 Å². The number of nitrogens with two attached hydrogens (primary N) is 1. The first-order chi connectivity index (χ1) is 15.4. The molecule has 0 aliphatic carbocycles. The Morgan fingerprint density at radius 2 is 1.91 bits per heavy atom. The zero-order valence-electron chi connectivity index (χ0n) is 15.7. The molecule has 0 unspecified atom stereocenters. The van der Waals surface area contributed by atoms with Crippen molar-refractivity contribution >= 4 is 27.4 Å². The minimum atomic E-state index is -3.02. The Morgan fingerprint density at radius 1 is 1.06 bits per heavy atom. The fraction of sp³-hybridized carbons (Fsp3) is 0.111. The molecular weight excluding hydrogens is 452 g/mol. The predicted octanol–water partition coefficient (Wildman–Crippen LogP) is 3.85. The molecule has 4 aromatic heterocycles. The van der Waals surface area contributed by atoms with Crippen LogP contribution in [0.1, 0.15) is 17.9 Å². The van der Waals surface area contributed by atoms with E-state index in [1.54, 1.807) is 12.3 Å². The van der Waals surface area contributed by atoms with E-state index in [-0.39, 0.29) is 12.1 Å². The standard InChI is InChI=1S/C18H10F4N8OS/c19-10-2-8(16-27-28-17(31-16)14(21)22)11(20)1-7(10)4-30-5-12(26-29-30)13-3-9-15(23)24-6-25-18(9)32-13/h1-3,5-6,14H,4H2,(H2,23,24,25). The molecule has 0 saturated heterocycles. The number of nitrogen functional groups attached to an aromatic ring is 1. The van der Waals surface area contributed by atoms with Crippen LogP contribution in [0.3, 0.4) is 0 Å². The maximum Gasteiger partial charge on any atom is 0.314 e. The van der Waals surface area contributed by atoms with Crippen molar-refractivity contribution in [3.63, 3.8) is 0 Å². The smallest absolute Gasteiger partial charge is 0.314 e. The highest BCUT2D eigenvalue weighted by Crippen LogP contribution is 2.33. The van der Waals surface area contributed by atoms with Gasteiger partial charge in [0, 0.05) is 5.56 Å². The van der Waals surface area contributed by atoms with E-state index >= 15 is 0 Å². The molecule has 162 valence electrons. The van der Waals surface area contributed by atoms with Crippen LogP contribution in [0.15, 0.2) is 35.1 Å². The molecule has 9 nitrogen and oxygen atoms in total. The highest BCUT2D eigenvalue weighted by atomic mass is 32.1. The fourth-order valence-electron chi connectivity index (χ4n) is 2.97. The van der Waals surface area contributed by atoms with Crippen molar-refractivity contribution in [2.24, 2.45) is 0 Å². The van der Waals surface area contributed by atoms with Gasteiger partial charge in [-0.05, 0) is 18.2 Å². The average molecular weight is 462 g/mol. The van der Waals surface area contributed by atoms with E-state index in [0.717, 1.165) is 17.0 Å². The Kier molecular flexibility index (Phi) is 4.77. The van der Waals surface area contributed by atoms with Gasteiger partial charge in [-0.25, -0.2) is 23.4 Å². The van der Waals surface area contributed by atoms with Crippen molar-refractivity contribution in [3.8, 4) is 22.0 Å². The molecule has 1 aromatic carbocycles. The number of fused-ring (bicyclic) bond motifs is 1. The molecule has 0 amide bonds. The number of halogens is 4. The molecule has 4 heterocycles. The van der Waals surface area contributed by atoms with E-state index < -0.39 is 35.4 Å². The molecular formula is C18H10F4N8OS. The maximum atomic E-state index is 14.6. The monoisotopic (exact) mass is 462 g/mol. The highest BCUT2D eigenvalue weighted by Gasteiger charge is 2.21. The molecule has 0 atom stereocenters. The van der Waals surface area contributed by atoms with Crippen LogP contribution in [-0.2, 0) is 6.54 Å². The van der Waals surface area contributed by atoms with Crippen molar-refractivity contribution in [1.82, 2.24) is 35.2 Å². The van der Waals surface area contributed by atoms with Gasteiger partial charge in [0.05, 0.1) is 28.6 Å². The van der Waals surface area contributed by atoms with Gasteiger partial charge >= 0.3 is 6.43 Å². The Bertz CT molecular complexity index is 1450. The number of hydrogen-bond donors (Lipinski definition) is 1. The summed E-state index contributed by atoms with van der Waals surface area (Å²) in [6.07, 6.45) is -0.0976. The minimum Gasteiger partial charge on any atom is -0.415 e. The number of thiophene rings is 1. The first kappa shape index (κ1) is 20.0. The predicted molar refractivity (Wildman–Crippen MR) is 105 cm³/mol. The number of alkyl halides is 2. The third-order valence-corrected chi connectivity index (χ3v) is 5.54. The summed E-state index contributed by atoms with van der Waals surface area (Å²) in [6.45, 7) is -0.130. The second kappa shape index (κ2) is 7.64. The normalized spacial score (nSPS) is 11.7. The number of benzene rings is 1. The molecule has 0 saturated carbocycles. The van der Waals surface area contributed by atoms with E-state index in [1.165, 1.54) is 22.3 Å². The largest absolute Gasteiger partial charge is 0.415 e. The Hall–Kier alpha value is -3.94. The maximum absolute atomic E-state index is 14.6. The van der Waals surface area contributed by atoms with Crippen LogP contribution < -0.4 is 5.73 Å². The number of nitrogens with zero attached hydrogens (tertiary/aromatic N) is 7. The van der Waals surface area contributed by atoms with Crippen LogP contribution in [-0.4, -0.2) is 35.2 Å². The molecule has 5 aromatic rings. The molecule has 0 fully saturated rings. The van der Waals surface area contributed by atoms with Gasteiger partial charge in [0.2, 0.25) is 0 Å². The van der Waals surface area contributed by atoms with E-state index in [0.29, 0.717) is 21.7 Å². The van der Waals surface area contributed by atoms with Gasteiger partial charge in [-0.2, -0.15) is 8.78 Å². The fourth-order valence-corrected chi connectivity index (χ4v) is 3.92.